The summed E-state index contributed by atoms with van der Waals surface area (Å²) in [5.74, 6) is 4.26. The van der Waals surface area contributed by atoms with Crippen molar-refractivity contribution < 1.29 is 9.90 Å². The van der Waals surface area contributed by atoms with Gasteiger partial charge in [-0.25, -0.2) is 15.6 Å². The van der Waals surface area contributed by atoms with Crippen molar-refractivity contribution in [3.63, 3.8) is 0 Å². The average molecular weight is 392 g/mol. The third-order valence-electron chi connectivity index (χ3n) is 2.58. The SMILES string of the molecule is NNc1ncc(C(=O)O)c(Nc2ccc(Br)cc2Cl)c1Cl. The van der Waals surface area contributed by atoms with E-state index in [-0.39, 0.29) is 22.1 Å². The van der Waals surface area contributed by atoms with Gasteiger partial charge in [0.2, 0.25) is 0 Å². The monoisotopic (exact) mass is 390 g/mol. The van der Waals surface area contributed by atoms with Crippen LogP contribution in [0, 0.1) is 0 Å². The van der Waals surface area contributed by atoms with Crippen LogP contribution in [0.3, 0.4) is 0 Å². The van der Waals surface area contributed by atoms with E-state index in [1.165, 1.54) is 0 Å². The minimum atomic E-state index is -1.18. The predicted octanol–water partition coefficient (Wildman–Crippen LogP) is 3.88. The first kappa shape index (κ1) is 15.8. The van der Waals surface area contributed by atoms with E-state index in [1.54, 1.807) is 18.2 Å². The van der Waals surface area contributed by atoms with Crippen LogP contribution in [0.5, 0.6) is 0 Å². The van der Waals surface area contributed by atoms with Gasteiger partial charge in [-0.15, -0.1) is 0 Å². The lowest BCUT2D eigenvalue weighted by Crippen LogP contribution is -2.12. The standard InChI is InChI=1S/C12H9BrCl2N4O2/c13-5-1-2-8(7(14)3-5)18-10-6(12(20)21)4-17-11(19-16)9(10)15/h1-4H,16H2,(H,20,21)(H2,17,18,19). The zero-order valence-corrected chi connectivity index (χ0v) is 13.4. The third-order valence-corrected chi connectivity index (χ3v) is 3.75. The molecule has 1 aromatic carbocycles. The van der Waals surface area contributed by atoms with E-state index >= 15 is 0 Å². The molecule has 0 saturated heterocycles. The predicted molar refractivity (Wildman–Crippen MR) is 86.5 cm³/mol. The molecule has 5 N–H and O–H groups in total. The molecule has 0 bridgehead atoms. The number of nitrogens with zero attached hydrogens (tertiary/aromatic N) is 1. The Kier molecular flexibility index (Phi) is 4.89. The number of carboxylic acids is 1. The summed E-state index contributed by atoms with van der Waals surface area (Å²) in [6.45, 7) is 0. The van der Waals surface area contributed by atoms with E-state index in [1.807, 2.05) is 0 Å². The van der Waals surface area contributed by atoms with E-state index in [2.05, 4.69) is 31.7 Å². The van der Waals surface area contributed by atoms with Crippen LogP contribution in [0.15, 0.2) is 28.9 Å². The summed E-state index contributed by atoms with van der Waals surface area (Å²) in [5, 5.41) is 12.6. The Labute approximate surface area is 138 Å². The third kappa shape index (κ3) is 3.38. The van der Waals surface area contributed by atoms with Gasteiger partial charge < -0.3 is 15.8 Å². The number of aromatic carboxylic acids is 1. The van der Waals surface area contributed by atoms with E-state index in [9.17, 15) is 9.90 Å². The number of hydrazine groups is 1. The van der Waals surface area contributed by atoms with Crippen molar-refractivity contribution in [3.8, 4) is 0 Å². The Bertz CT molecular complexity index is 712. The maximum Gasteiger partial charge on any atom is 0.339 e. The largest absolute Gasteiger partial charge is 0.478 e. The fraction of sp³-hybridized carbons (Fsp3) is 0. The van der Waals surface area contributed by atoms with Crippen molar-refractivity contribution in [1.82, 2.24) is 4.98 Å². The number of carboxylic acid groups (broad SMARTS) is 1. The number of nitrogens with two attached hydrogens (primary N) is 1. The van der Waals surface area contributed by atoms with Gasteiger partial charge in [-0.05, 0) is 18.2 Å². The molecule has 0 unspecified atom stereocenters. The number of hydrogen-bond donors (Lipinski definition) is 4. The van der Waals surface area contributed by atoms with Crippen molar-refractivity contribution in [2.75, 3.05) is 10.7 Å². The summed E-state index contributed by atoms with van der Waals surface area (Å²) < 4.78 is 0.793. The lowest BCUT2D eigenvalue weighted by Gasteiger charge is -2.14. The van der Waals surface area contributed by atoms with E-state index in [0.29, 0.717) is 10.7 Å². The van der Waals surface area contributed by atoms with Crippen LogP contribution >= 0.6 is 39.1 Å². The maximum absolute atomic E-state index is 11.3. The minimum Gasteiger partial charge on any atom is -0.478 e. The van der Waals surface area contributed by atoms with Crippen LogP contribution < -0.4 is 16.6 Å². The van der Waals surface area contributed by atoms with E-state index in [4.69, 9.17) is 29.0 Å². The summed E-state index contributed by atoms with van der Waals surface area (Å²) in [4.78, 5) is 15.1. The fourth-order valence-corrected chi connectivity index (χ4v) is 2.57. The molecule has 6 nitrogen and oxygen atoms in total. The smallest absolute Gasteiger partial charge is 0.339 e. The molecule has 2 aromatic rings. The van der Waals surface area contributed by atoms with Crippen molar-refractivity contribution in [2.24, 2.45) is 5.84 Å². The number of hydrogen-bond acceptors (Lipinski definition) is 5. The van der Waals surface area contributed by atoms with Crippen LogP contribution in [0.4, 0.5) is 17.2 Å². The Hall–Kier alpha value is -1.54. The molecule has 2 rings (SSSR count). The Morgan fingerprint density at radius 3 is 2.67 bits per heavy atom. The van der Waals surface area contributed by atoms with Crippen molar-refractivity contribution in [2.45, 2.75) is 0 Å². The average Bonchev–Trinajstić information content (AvgIpc) is 2.43. The molecule has 0 aliphatic rings. The molecule has 21 heavy (non-hydrogen) atoms. The van der Waals surface area contributed by atoms with Crippen LogP contribution in [-0.2, 0) is 0 Å². The molecule has 1 heterocycles. The molecule has 1 aromatic heterocycles. The summed E-state index contributed by atoms with van der Waals surface area (Å²) in [6, 6.07) is 5.11. The quantitative estimate of drug-likeness (QED) is 0.466. The number of benzene rings is 1. The van der Waals surface area contributed by atoms with Gasteiger partial charge in [-0.1, -0.05) is 39.1 Å². The first-order valence-corrected chi connectivity index (χ1v) is 7.09. The number of aromatic nitrogens is 1. The number of halogens is 3. The zero-order chi connectivity index (χ0) is 15.6. The number of pyridine rings is 1. The minimum absolute atomic E-state index is 0.0522. The van der Waals surface area contributed by atoms with Crippen molar-refractivity contribution >= 4 is 62.3 Å². The topological polar surface area (TPSA) is 100 Å². The van der Waals surface area contributed by atoms with Gasteiger partial charge in [-0.3, -0.25) is 0 Å². The first-order chi connectivity index (χ1) is 9.93. The molecule has 0 saturated carbocycles. The van der Waals surface area contributed by atoms with Crippen LogP contribution in [0.2, 0.25) is 10.0 Å². The summed E-state index contributed by atoms with van der Waals surface area (Å²) in [7, 11) is 0. The van der Waals surface area contributed by atoms with E-state index in [0.717, 1.165) is 10.7 Å². The Morgan fingerprint density at radius 2 is 2.10 bits per heavy atom. The van der Waals surface area contributed by atoms with Gasteiger partial charge in [0.15, 0.2) is 5.82 Å². The molecule has 0 atom stereocenters. The van der Waals surface area contributed by atoms with Crippen LogP contribution in [-0.4, -0.2) is 16.1 Å². The normalized spacial score (nSPS) is 10.3. The summed E-state index contributed by atoms with van der Waals surface area (Å²) in [5.41, 5.74) is 2.84. The molecular weight excluding hydrogens is 383 g/mol. The van der Waals surface area contributed by atoms with Crippen LogP contribution in [0.25, 0.3) is 0 Å². The van der Waals surface area contributed by atoms with E-state index < -0.39 is 5.97 Å². The van der Waals surface area contributed by atoms with Gasteiger partial charge in [0.25, 0.3) is 0 Å². The summed E-state index contributed by atoms with van der Waals surface area (Å²) in [6.07, 6.45) is 1.15. The highest BCUT2D eigenvalue weighted by atomic mass is 79.9. The molecule has 0 aliphatic heterocycles. The highest BCUT2D eigenvalue weighted by Crippen LogP contribution is 2.36. The van der Waals surface area contributed by atoms with Gasteiger partial charge in [0, 0.05) is 10.7 Å². The molecule has 0 fully saturated rings. The van der Waals surface area contributed by atoms with Crippen molar-refractivity contribution in [1.29, 1.82) is 0 Å². The van der Waals surface area contributed by atoms with Gasteiger partial charge in [0.05, 0.1) is 16.4 Å². The number of nitrogen functional groups attached to an aromatic ring is 1. The number of nitrogens with one attached hydrogen (secondary N) is 2. The van der Waals surface area contributed by atoms with Gasteiger partial charge in [-0.2, -0.15) is 0 Å². The molecule has 0 radical (unpaired) electrons. The highest BCUT2D eigenvalue weighted by Gasteiger charge is 2.18. The maximum atomic E-state index is 11.3. The lowest BCUT2D eigenvalue weighted by molar-refractivity contribution is 0.0697. The molecule has 0 aliphatic carbocycles. The Balaban J connectivity index is 2.53. The Morgan fingerprint density at radius 1 is 1.38 bits per heavy atom. The second-order valence-electron chi connectivity index (χ2n) is 3.91. The second kappa shape index (κ2) is 6.48. The highest BCUT2D eigenvalue weighted by molar-refractivity contribution is 9.10. The van der Waals surface area contributed by atoms with Gasteiger partial charge in [0.1, 0.15) is 10.6 Å². The fourth-order valence-electron chi connectivity index (χ4n) is 1.60. The lowest BCUT2D eigenvalue weighted by atomic mass is 10.2. The number of anilines is 3. The second-order valence-corrected chi connectivity index (χ2v) is 5.61. The van der Waals surface area contributed by atoms with Crippen LogP contribution in [0.1, 0.15) is 10.4 Å². The number of carbonyl (C=O) groups is 1. The molecule has 110 valence electrons. The zero-order valence-electron chi connectivity index (χ0n) is 10.3. The molecule has 9 heteroatoms. The molecular formula is C12H9BrCl2N4O2. The number of rotatable bonds is 4. The molecule has 0 amide bonds. The summed E-state index contributed by atoms with van der Waals surface area (Å²) >= 11 is 15.5. The van der Waals surface area contributed by atoms with Crippen molar-refractivity contribution in [3.05, 3.63) is 44.5 Å². The van der Waals surface area contributed by atoms with Gasteiger partial charge >= 0.3 is 5.97 Å². The molecule has 0 spiro atoms. The first-order valence-electron chi connectivity index (χ1n) is 5.54.